The van der Waals surface area contributed by atoms with Crippen molar-refractivity contribution in [2.75, 3.05) is 33.2 Å². The molecule has 1 aliphatic heterocycles. The quantitative estimate of drug-likeness (QED) is 0.635. The Morgan fingerprint density at radius 1 is 1.47 bits per heavy atom. The van der Waals surface area contributed by atoms with Crippen molar-refractivity contribution in [3.05, 3.63) is 0 Å². The third-order valence-electron chi connectivity index (χ3n) is 3.33. The summed E-state index contributed by atoms with van der Waals surface area (Å²) in [5.41, 5.74) is 0. The van der Waals surface area contributed by atoms with Gasteiger partial charge in [-0.25, -0.2) is 13.1 Å². The maximum atomic E-state index is 11.8. The number of sulfonamides is 1. The Bertz CT molecular complexity index is 311. The monoisotopic (exact) mass is 263 g/mol. The van der Waals surface area contributed by atoms with Gasteiger partial charge in [-0.3, -0.25) is 0 Å². The van der Waals surface area contributed by atoms with Crippen LogP contribution in [-0.4, -0.2) is 57.8 Å². The molecule has 1 aliphatic rings. The minimum absolute atomic E-state index is 0.245. The topological polar surface area (TPSA) is 61.4 Å². The van der Waals surface area contributed by atoms with E-state index in [1.54, 1.807) is 0 Å². The van der Waals surface area contributed by atoms with Crippen LogP contribution in [0.5, 0.6) is 0 Å². The smallest absolute Gasteiger partial charge is 0.215 e. The van der Waals surface area contributed by atoms with Gasteiger partial charge in [0.1, 0.15) is 0 Å². The molecule has 1 fully saturated rings. The molecule has 1 saturated heterocycles. The molecule has 0 aromatic rings. The molecule has 0 bridgehead atoms. The molecule has 1 heterocycles. The lowest BCUT2D eigenvalue weighted by atomic mass is 10.3. The summed E-state index contributed by atoms with van der Waals surface area (Å²) in [7, 11) is -1.05. The summed E-state index contributed by atoms with van der Waals surface area (Å²) in [6, 6.07) is 0.505. The zero-order chi connectivity index (χ0) is 12.9. The highest BCUT2D eigenvalue weighted by Gasteiger charge is 2.27. The summed E-state index contributed by atoms with van der Waals surface area (Å²) in [6.45, 7) is 7.12. The molecule has 0 amide bonds. The molecule has 17 heavy (non-hydrogen) atoms. The van der Waals surface area contributed by atoms with Gasteiger partial charge >= 0.3 is 0 Å². The van der Waals surface area contributed by atoms with E-state index < -0.39 is 10.0 Å². The summed E-state index contributed by atoms with van der Waals surface area (Å²) in [5.74, 6) is 0. The second-order valence-corrected chi connectivity index (χ2v) is 7.03. The lowest BCUT2D eigenvalue weighted by Gasteiger charge is -2.21. The fourth-order valence-electron chi connectivity index (χ4n) is 1.81. The van der Waals surface area contributed by atoms with E-state index in [9.17, 15) is 8.42 Å². The molecule has 0 aromatic heterocycles. The normalized spacial score (nSPS) is 21.6. The highest BCUT2D eigenvalue weighted by molar-refractivity contribution is 7.90. The van der Waals surface area contributed by atoms with Crippen LogP contribution in [0, 0.1) is 0 Å². The number of hydrogen-bond donors (Lipinski definition) is 2. The average molecular weight is 263 g/mol. The van der Waals surface area contributed by atoms with Crippen molar-refractivity contribution in [2.45, 2.75) is 38.0 Å². The fraction of sp³-hybridized carbons (Fsp3) is 1.00. The first kappa shape index (κ1) is 14.9. The zero-order valence-electron chi connectivity index (χ0n) is 11.1. The van der Waals surface area contributed by atoms with E-state index in [0.29, 0.717) is 19.1 Å². The van der Waals surface area contributed by atoms with Gasteiger partial charge in [-0.1, -0.05) is 0 Å². The summed E-state index contributed by atoms with van der Waals surface area (Å²) >= 11 is 0. The third-order valence-corrected chi connectivity index (χ3v) is 5.21. The molecular weight excluding hydrogens is 238 g/mol. The van der Waals surface area contributed by atoms with E-state index in [1.165, 1.54) is 0 Å². The molecule has 6 heteroatoms. The highest BCUT2D eigenvalue weighted by Crippen LogP contribution is 2.08. The molecule has 102 valence electrons. The molecular formula is C11H25N3O2S. The van der Waals surface area contributed by atoms with E-state index >= 15 is 0 Å². The van der Waals surface area contributed by atoms with Crippen LogP contribution in [0.25, 0.3) is 0 Å². The van der Waals surface area contributed by atoms with Crippen molar-refractivity contribution < 1.29 is 8.42 Å². The first-order chi connectivity index (χ1) is 7.93. The predicted molar refractivity (Wildman–Crippen MR) is 70.6 cm³/mol. The van der Waals surface area contributed by atoms with E-state index in [4.69, 9.17) is 0 Å². The van der Waals surface area contributed by atoms with Crippen molar-refractivity contribution in [3.63, 3.8) is 0 Å². The molecule has 2 N–H and O–H groups in total. The van der Waals surface area contributed by atoms with Crippen LogP contribution in [0.3, 0.4) is 0 Å². The molecule has 0 aromatic carbocycles. The molecule has 1 unspecified atom stereocenters. The van der Waals surface area contributed by atoms with Gasteiger partial charge in [-0.15, -0.1) is 0 Å². The van der Waals surface area contributed by atoms with Gasteiger partial charge < -0.3 is 10.2 Å². The summed E-state index contributed by atoms with van der Waals surface area (Å²) in [5, 5.41) is 2.83. The van der Waals surface area contributed by atoms with Gasteiger partial charge in [0.15, 0.2) is 0 Å². The Labute approximate surface area is 105 Å². The van der Waals surface area contributed by atoms with Crippen molar-refractivity contribution in [3.8, 4) is 0 Å². The van der Waals surface area contributed by atoms with Gasteiger partial charge in [0, 0.05) is 19.1 Å². The van der Waals surface area contributed by atoms with E-state index in [-0.39, 0.29) is 5.25 Å². The highest BCUT2D eigenvalue weighted by atomic mass is 32.2. The molecule has 0 spiro atoms. The Balaban J connectivity index is 2.21. The first-order valence-electron chi connectivity index (χ1n) is 6.33. The molecule has 0 radical (unpaired) electrons. The van der Waals surface area contributed by atoms with E-state index in [1.807, 2.05) is 0 Å². The maximum absolute atomic E-state index is 11.8. The number of nitrogens with zero attached hydrogens (tertiary/aromatic N) is 1. The van der Waals surface area contributed by atoms with Gasteiger partial charge in [0.05, 0.1) is 5.25 Å². The lowest BCUT2D eigenvalue weighted by molar-refractivity contribution is 0.271. The second kappa shape index (κ2) is 6.68. The Morgan fingerprint density at radius 2 is 2.18 bits per heavy atom. The minimum atomic E-state index is -3.11. The van der Waals surface area contributed by atoms with Crippen LogP contribution in [0.4, 0.5) is 0 Å². The van der Waals surface area contributed by atoms with Crippen molar-refractivity contribution in [2.24, 2.45) is 0 Å². The Kier molecular flexibility index (Phi) is 5.85. The second-order valence-electron chi connectivity index (χ2n) is 4.98. The number of hydrogen-bond acceptors (Lipinski definition) is 4. The summed E-state index contributed by atoms with van der Waals surface area (Å²) in [6.07, 6.45) is 1.58. The van der Waals surface area contributed by atoms with Crippen molar-refractivity contribution >= 4 is 10.0 Å². The molecule has 0 saturated carbocycles. The van der Waals surface area contributed by atoms with Crippen LogP contribution >= 0.6 is 0 Å². The Morgan fingerprint density at radius 3 is 2.71 bits per heavy atom. The SMILES string of the molecule is CC(C)N(C)CCCNS(=O)(=O)C1CCNC1. The molecule has 0 aliphatic carbocycles. The Hall–Kier alpha value is -0.170. The summed E-state index contributed by atoms with van der Waals surface area (Å²) in [4.78, 5) is 2.21. The standard InChI is InChI=1S/C11H25N3O2S/c1-10(2)14(3)8-4-6-13-17(15,16)11-5-7-12-9-11/h10-13H,4-9H2,1-3H3. The van der Waals surface area contributed by atoms with E-state index in [2.05, 4.69) is 35.8 Å². The lowest BCUT2D eigenvalue weighted by Crippen LogP contribution is -2.37. The fourth-order valence-corrected chi connectivity index (χ4v) is 3.24. The van der Waals surface area contributed by atoms with Gasteiger partial charge in [0.2, 0.25) is 10.0 Å². The maximum Gasteiger partial charge on any atom is 0.215 e. The van der Waals surface area contributed by atoms with Crippen LogP contribution in [0.1, 0.15) is 26.7 Å². The molecule has 1 rings (SSSR count). The van der Waals surface area contributed by atoms with Crippen LogP contribution < -0.4 is 10.0 Å². The van der Waals surface area contributed by atoms with Crippen LogP contribution in [-0.2, 0) is 10.0 Å². The zero-order valence-corrected chi connectivity index (χ0v) is 11.9. The van der Waals surface area contributed by atoms with Crippen LogP contribution in [0.2, 0.25) is 0 Å². The van der Waals surface area contributed by atoms with Gasteiger partial charge in [0.25, 0.3) is 0 Å². The van der Waals surface area contributed by atoms with Gasteiger partial charge in [-0.2, -0.15) is 0 Å². The summed E-state index contributed by atoms with van der Waals surface area (Å²) < 4.78 is 26.4. The predicted octanol–water partition coefficient (Wildman–Crippen LogP) is -0.00200. The first-order valence-corrected chi connectivity index (χ1v) is 7.87. The van der Waals surface area contributed by atoms with Crippen LogP contribution in [0.15, 0.2) is 0 Å². The number of rotatable bonds is 7. The number of nitrogens with one attached hydrogen (secondary N) is 2. The largest absolute Gasteiger partial charge is 0.315 e. The average Bonchev–Trinajstić information content (AvgIpc) is 2.77. The van der Waals surface area contributed by atoms with E-state index in [0.717, 1.165) is 25.9 Å². The van der Waals surface area contributed by atoms with Gasteiger partial charge in [-0.05, 0) is 46.8 Å². The third kappa shape index (κ3) is 4.91. The molecule has 1 atom stereocenters. The van der Waals surface area contributed by atoms with Crippen molar-refractivity contribution in [1.82, 2.24) is 14.9 Å². The minimum Gasteiger partial charge on any atom is -0.315 e. The molecule has 5 nitrogen and oxygen atoms in total. The van der Waals surface area contributed by atoms with Crippen molar-refractivity contribution in [1.29, 1.82) is 0 Å².